The van der Waals surface area contributed by atoms with Crippen LogP contribution in [-0.2, 0) is 27.2 Å². The Hall–Kier alpha value is -2.87. The third-order valence-corrected chi connectivity index (χ3v) is 4.52. The van der Waals surface area contributed by atoms with Gasteiger partial charge in [-0.05, 0) is 52.7 Å². The Balaban J connectivity index is 1.85. The third-order valence-electron chi connectivity index (χ3n) is 4.05. The Morgan fingerprint density at radius 3 is 2.57 bits per heavy atom. The summed E-state index contributed by atoms with van der Waals surface area (Å²) in [7, 11) is 1.59. The maximum atomic E-state index is 12.6. The van der Waals surface area contributed by atoms with Gasteiger partial charge in [0, 0.05) is 10.7 Å². The van der Waals surface area contributed by atoms with E-state index in [2.05, 4.69) is 26.2 Å². The minimum Gasteiger partial charge on any atom is -0.497 e. The van der Waals surface area contributed by atoms with Gasteiger partial charge >= 0.3 is 5.97 Å². The number of halogens is 1. The number of carbonyl (C=O) groups is 2. The van der Waals surface area contributed by atoms with Crippen molar-refractivity contribution in [2.24, 2.45) is 0 Å². The summed E-state index contributed by atoms with van der Waals surface area (Å²) in [5.41, 5.74) is 1.93. The predicted molar refractivity (Wildman–Crippen MR) is 109 cm³/mol. The van der Waals surface area contributed by atoms with Crippen molar-refractivity contribution in [3.8, 4) is 5.75 Å². The Kier molecular flexibility index (Phi) is 6.30. The summed E-state index contributed by atoms with van der Waals surface area (Å²) >= 11 is 3.42. The molecule has 2 heterocycles. The van der Waals surface area contributed by atoms with Crippen LogP contribution in [-0.4, -0.2) is 35.0 Å². The molecule has 1 amide bonds. The molecular weight excluding hydrogens is 426 g/mol. The van der Waals surface area contributed by atoms with Crippen LogP contribution in [0.5, 0.6) is 5.75 Å². The molecule has 0 atom stereocenters. The van der Waals surface area contributed by atoms with E-state index in [0.29, 0.717) is 17.2 Å². The van der Waals surface area contributed by atoms with Crippen molar-refractivity contribution in [1.29, 1.82) is 0 Å². The number of carbonyl (C=O) groups excluding carboxylic acids is 2. The van der Waals surface area contributed by atoms with Crippen LogP contribution in [0.2, 0.25) is 0 Å². The molecule has 2 aromatic heterocycles. The standard InChI is InChI=1S/C20H20BrN3O4/c1-3-28-19(26)11-16-20(24-12-14(21)6-9-17(24)22-16)23-18(25)10-13-4-7-15(27-2)8-5-13/h4-9,12H,3,10-11H2,1-2H3,(H,23,25). The molecule has 28 heavy (non-hydrogen) atoms. The van der Waals surface area contributed by atoms with Crippen molar-refractivity contribution in [2.75, 3.05) is 19.0 Å². The van der Waals surface area contributed by atoms with Gasteiger partial charge < -0.3 is 14.8 Å². The molecule has 0 unspecified atom stereocenters. The summed E-state index contributed by atoms with van der Waals surface area (Å²) in [5, 5.41) is 2.89. The molecule has 3 aromatic rings. The molecule has 0 aliphatic rings. The predicted octanol–water partition coefficient (Wildman–Crippen LogP) is 3.39. The summed E-state index contributed by atoms with van der Waals surface area (Å²) < 4.78 is 12.7. The normalized spacial score (nSPS) is 10.7. The average molecular weight is 446 g/mol. The molecule has 146 valence electrons. The second-order valence-corrected chi connectivity index (χ2v) is 6.95. The van der Waals surface area contributed by atoms with Crippen molar-refractivity contribution >= 4 is 39.3 Å². The van der Waals surface area contributed by atoms with E-state index in [0.717, 1.165) is 15.8 Å². The number of aromatic nitrogens is 2. The monoisotopic (exact) mass is 445 g/mol. The van der Waals surface area contributed by atoms with E-state index in [1.165, 1.54) is 0 Å². The quantitative estimate of drug-likeness (QED) is 0.563. The molecule has 0 spiro atoms. The zero-order valence-corrected chi connectivity index (χ0v) is 17.2. The average Bonchev–Trinajstić information content (AvgIpc) is 2.99. The fourth-order valence-electron chi connectivity index (χ4n) is 2.78. The van der Waals surface area contributed by atoms with E-state index in [4.69, 9.17) is 9.47 Å². The number of fused-ring (bicyclic) bond motifs is 1. The summed E-state index contributed by atoms with van der Waals surface area (Å²) in [4.78, 5) is 29.0. The number of rotatable bonds is 7. The van der Waals surface area contributed by atoms with Crippen molar-refractivity contribution < 1.29 is 19.1 Å². The summed E-state index contributed by atoms with van der Waals surface area (Å²) in [6.45, 7) is 2.03. The summed E-state index contributed by atoms with van der Waals surface area (Å²) in [5.74, 6) is 0.586. The summed E-state index contributed by atoms with van der Waals surface area (Å²) in [6.07, 6.45) is 1.95. The van der Waals surface area contributed by atoms with E-state index in [1.54, 1.807) is 42.8 Å². The van der Waals surface area contributed by atoms with Crippen molar-refractivity contribution in [1.82, 2.24) is 9.38 Å². The number of nitrogens with one attached hydrogen (secondary N) is 1. The zero-order chi connectivity index (χ0) is 20.1. The van der Waals surface area contributed by atoms with Crippen molar-refractivity contribution in [3.63, 3.8) is 0 Å². The molecule has 0 saturated heterocycles. The topological polar surface area (TPSA) is 81.9 Å². The highest BCUT2D eigenvalue weighted by atomic mass is 79.9. The second kappa shape index (κ2) is 8.88. The molecule has 0 saturated carbocycles. The van der Waals surface area contributed by atoms with Crippen LogP contribution >= 0.6 is 15.9 Å². The number of esters is 1. The molecule has 0 radical (unpaired) electrons. The third kappa shape index (κ3) is 4.69. The SMILES string of the molecule is CCOC(=O)Cc1nc2ccc(Br)cn2c1NC(=O)Cc1ccc(OC)cc1. The van der Waals surface area contributed by atoms with Crippen LogP contribution in [0.1, 0.15) is 18.2 Å². The Labute approximate surface area is 170 Å². The van der Waals surface area contributed by atoms with E-state index in [1.807, 2.05) is 18.2 Å². The van der Waals surface area contributed by atoms with Gasteiger partial charge in [-0.1, -0.05) is 12.1 Å². The minimum absolute atomic E-state index is 0.0225. The fourth-order valence-corrected chi connectivity index (χ4v) is 3.11. The highest BCUT2D eigenvalue weighted by Crippen LogP contribution is 2.22. The first-order chi connectivity index (χ1) is 13.5. The van der Waals surface area contributed by atoms with Gasteiger partial charge in [-0.2, -0.15) is 0 Å². The van der Waals surface area contributed by atoms with E-state index >= 15 is 0 Å². The number of amides is 1. The van der Waals surface area contributed by atoms with Gasteiger partial charge in [-0.25, -0.2) is 4.98 Å². The molecule has 3 rings (SSSR count). The Morgan fingerprint density at radius 1 is 1.14 bits per heavy atom. The molecule has 7 nitrogen and oxygen atoms in total. The number of nitrogens with zero attached hydrogens (tertiary/aromatic N) is 2. The number of hydrogen-bond donors (Lipinski definition) is 1. The smallest absolute Gasteiger partial charge is 0.312 e. The molecule has 1 N–H and O–H groups in total. The first-order valence-electron chi connectivity index (χ1n) is 8.75. The maximum absolute atomic E-state index is 12.6. The van der Waals surface area contributed by atoms with Crippen molar-refractivity contribution in [3.05, 3.63) is 58.3 Å². The van der Waals surface area contributed by atoms with Gasteiger partial charge in [0.2, 0.25) is 5.91 Å². The molecule has 0 aliphatic carbocycles. The molecule has 0 bridgehead atoms. The lowest BCUT2D eigenvalue weighted by molar-refractivity contribution is -0.142. The molecule has 1 aromatic carbocycles. The number of imidazole rings is 1. The van der Waals surface area contributed by atoms with Crippen LogP contribution in [0.3, 0.4) is 0 Å². The maximum Gasteiger partial charge on any atom is 0.312 e. The number of methoxy groups -OCH3 is 1. The van der Waals surface area contributed by atoms with Crippen molar-refractivity contribution in [2.45, 2.75) is 19.8 Å². The largest absolute Gasteiger partial charge is 0.497 e. The lowest BCUT2D eigenvalue weighted by atomic mass is 10.1. The second-order valence-electron chi connectivity index (χ2n) is 6.04. The van der Waals surface area contributed by atoms with Crippen LogP contribution in [0.15, 0.2) is 47.1 Å². The van der Waals surface area contributed by atoms with Gasteiger partial charge in [0.05, 0.1) is 32.3 Å². The van der Waals surface area contributed by atoms with Crippen LogP contribution in [0.25, 0.3) is 5.65 Å². The number of pyridine rings is 1. The summed E-state index contributed by atoms with van der Waals surface area (Å²) in [6, 6.07) is 10.9. The number of hydrogen-bond acceptors (Lipinski definition) is 5. The van der Waals surface area contributed by atoms with Crippen LogP contribution in [0, 0.1) is 0 Å². The highest BCUT2D eigenvalue weighted by molar-refractivity contribution is 9.10. The van der Waals surface area contributed by atoms with Gasteiger partial charge in [-0.15, -0.1) is 0 Å². The number of benzene rings is 1. The fraction of sp³-hybridized carbons (Fsp3) is 0.250. The Morgan fingerprint density at radius 2 is 1.89 bits per heavy atom. The van der Waals surface area contributed by atoms with Crippen LogP contribution < -0.4 is 10.1 Å². The Bertz CT molecular complexity index is 999. The number of ether oxygens (including phenoxy) is 2. The molecule has 0 fully saturated rings. The zero-order valence-electron chi connectivity index (χ0n) is 15.6. The van der Waals surface area contributed by atoms with Gasteiger partial charge in [-0.3, -0.25) is 14.0 Å². The van der Waals surface area contributed by atoms with Gasteiger partial charge in [0.25, 0.3) is 0 Å². The van der Waals surface area contributed by atoms with E-state index < -0.39 is 5.97 Å². The molecule has 8 heteroatoms. The number of anilines is 1. The lowest BCUT2D eigenvalue weighted by Gasteiger charge is -2.09. The highest BCUT2D eigenvalue weighted by Gasteiger charge is 2.18. The lowest BCUT2D eigenvalue weighted by Crippen LogP contribution is -2.18. The first kappa shape index (κ1) is 19.9. The molecular formula is C20H20BrN3O4. The van der Waals surface area contributed by atoms with Gasteiger partial charge in [0.15, 0.2) is 0 Å². The van der Waals surface area contributed by atoms with E-state index in [9.17, 15) is 9.59 Å². The van der Waals surface area contributed by atoms with Crippen LogP contribution in [0.4, 0.5) is 5.82 Å². The van der Waals surface area contributed by atoms with Gasteiger partial charge in [0.1, 0.15) is 17.2 Å². The minimum atomic E-state index is -0.393. The van der Waals surface area contributed by atoms with E-state index in [-0.39, 0.29) is 25.4 Å². The molecule has 0 aliphatic heterocycles. The first-order valence-corrected chi connectivity index (χ1v) is 9.54.